The van der Waals surface area contributed by atoms with Gasteiger partial charge in [-0.05, 0) is 76.5 Å². The van der Waals surface area contributed by atoms with Crippen molar-refractivity contribution in [1.82, 2.24) is 4.98 Å². The summed E-state index contributed by atoms with van der Waals surface area (Å²) in [6.07, 6.45) is 4.31. The van der Waals surface area contributed by atoms with Gasteiger partial charge in [0.15, 0.2) is 0 Å². The lowest BCUT2D eigenvalue weighted by molar-refractivity contribution is -0.0578. The standard InChI is InChI=1S/C23H27NO4/c1-13-11-17-15-6-5-14(25)12-18(15)24-20(17)16-7-9-23(4,28-21(13)16)10-8-19(26)22(2,3)27/h5-7,9,11-12,19,24-27H,8,10H2,1-4H3. The fourth-order valence-electron chi connectivity index (χ4n) is 3.91. The van der Waals surface area contributed by atoms with Crippen molar-refractivity contribution in [1.29, 1.82) is 0 Å². The minimum atomic E-state index is -1.13. The second-order valence-corrected chi connectivity index (χ2v) is 8.67. The van der Waals surface area contributed by atoms with Crippen molar-refractivity contribution >= 4 is 27.9 Å². The topological polar surface area (TPSA) is 85.7 Å². The Morgan fingerprint density at radius 1 is 1.21 bits per heavy atom. The Kier molecular flexibility index (Phi) is 4.21. The zero-order chi connectivity index (χ0) is 20.3. The Hall–Kier alpha value is -2.50. The number of ether oxygens (including phenoxy) is 1. The maximum Gasteiger partial charge on any atom is 0.132 e. The lowest BCUT2D eigenvalue weighted by Gasteiger charge is -2.34. The zero-order valence-electron chi connectivity index (χ0n) is 16.7. The molecule has 0 saturated heterocycles. The van der Waals surface area contributed by atoms with Crippen LogP contribution in [0.1, 0.15) is 44.7 Å². The van der Waals surface area contributed by atoms with Crippen LogP contribution in [0.5, 0.6) is 11.5 Å². The molecule has 0 bridgehead atoms. The Bertz CT molecular complexity index is 1090. The number of phenolic OH excluding ortho intramolecular Hbond substituents is 1. The lowest BCUT2D eigenvalue weighted by atomic mass is 9.89. The summed E-state index contributed by atoms with van der Waals surface area (Å²) < 4.78 is 6.39. The number of rotatable bonds is 4. The van der Waals surface area contributed by atoms with Crippen molar-refractivity contribution < 1.29 is 20.1 Å². The van der Waals surface area contributed by atoms with Gasteiger partial charge in [-0.2, -0.15) is 0 Å². The predicted octanol–water partition coefficient (Wildman–Crippen LogP) is 4.41. The number of nitrogens with one attached hydrogen (secondary N) is 1. The van der Waals surface area contributed by atoms with Crippen LogP contribution in [0.4, 0.5) is 0 Å². The summed E-state index contributed by atoms with van der Waals surface area (Å²) in [4.78, 5) is 3.41. The van der Waals surface area contributed by atoms with Gasteiger partial charge in [0.2, 0.25) is 0 Å². The van der Waals surface area contributed by atoms with E-state index >= 15 is 0 Å². The maximum absolute atomic E-state index is 10.2. The first kappa shape index (κ1) is 18.8. The number of H-pyrrole nitrogens is 1. The third kappa shape index (κ3) is 3.15. The Labute approximate surface area is 164 Å². The molecule has 5 heteroatoms. The molecule has 0 spiro atoms. The molecule has 0 aliphatic carbocycles. The molecule has 148 valence electrons. The van der Waals surface area contributed by atoms with Crippen LogP contribution >= 0.6 is 0 Å². The summed E-state index contributed by atoms with van der Waals surface area (Å²) in [5.74, 6) is 1.06. The molecule has 28 heavy (non-hydrogen) atoms. The van der Waals surface area contributed by atoms with E-state index in [9.17, 15) is 15.3 Å². The fraction of sp³-hybridized carbons (Fsp3) is 0.391. The summed E-state index contributed by atoms with van der Waals surface area (Å²) >= 11 is 0. The van der Waals surface area contributed by atoms with E-state index in [4.69, 9.17) is 4.74 Å². The molecule has 2 aromatic carbocycles. The van der Waals surface area contributed by atoms with E-state index in [2.05, 4.69) is 17.1 Å². The monoisotopic (exact) mass is 381 g/mol. The van der Waals surface area contributed by atoms with Gasteiger partial charge in [-0.1, -0.05) is 0 Å². The summed E-state index contributed by atoms with van der Waals surface area (Å²) in [6, 6.07) is 7.45. The van der Waals surface area contributed by atoms with Crippen molar-refractivity contribution in [3.63, 3.8) is 0 Å². The molecule has 2 unspecified atom stereocenters. The van der Waals surface area contributed by atoms with Gasteiger partial charge in [-0.3, -0.25) is 0 Å². The van der Waals surface area contributed by atoms with Gasteiger partial charge in [-0.25, -0.2) is 0 Å². The fourth-order valence-corrected chi connectivity index (χ4v) is 3.91. The largest absolute Gasteiger partial charge is 0.508 e. The van der Waals surface area contributed by atoms with Gasteiger partial charge in [-0.15, -0.1) is 0 Å². The van der Waals surface area contributed by atoms with E-state index in [1.165, 1.54) is 0 Å². The highest BCUT2D eigenvalue weighted by molar-refractivity contribution is 6.11. The number of aliphatic hydroxyl groups excluding tert-OH is 1. The van der Waals surface area contributed by atoms with Crippen LogP contribution in [0.2, 0.25) is 0 Å². The normalized spacial score (nSPS) is 20.4. The lowest BCUT2D eigenvalue weighted by Crippen LogP contribution is -2.39. The van der Waals surface area contributed by atoms with Crippen LogP contribution in [0, 0.1) is 6.92 Å². The molecule has 0 radical (unpaired) electrons. The highest BCUT2D eigenvalue weighted by Crippen LogP contribution is 2.42. The van der Waals surface area contributed by atoms with Crippen LogP contribution < -0.4 is 4.74 Å². The van der Waals surface area contributed by atoms with Crippen molar-refractivity contribution in [2.24, 2.45) is 0 Å². The first-order valence-electron chi connectivity index (χ1n) is 9.64. The highest BCUT2D eigenvalue weighted by atomic mass is 16.5. The molecule has 2 atom stereocenters. The smallest absolute Gasteiger partial charge is 0.132 e. The van der Waals surface area contributed by atoms with E-state index in [1.807, 2.05) is 26.0 Å². The number of benzene rings is 2. The second-order valence-electron chi connectivity index (χ2n) is 8.67. The van der Waals surface area contributed by atoms with E-state index in [0.717, 1.165) is 38.7 Å². The Morgan fingerprint density at radius 2 is 1.96 bits per heavy atom. The maximum atomic E-state index is 10.2. The highest BCUT2D eigenvalue weighted by Gasteiger charge is 2.33. The van der Waals surface area contributed by atoms with Gasteiger partial charge in [0, 0.05) is 22.4 Å². The summed E-state index contributed by atoms with van der Waals surface area (Å²) in [5, 5.41) is 32.1. The molecule has 1 aliphatic heterocycles. The van der Waals surface area contributed by atoms with Gasteiger partial charge in [0.25, 0.3) is 0 Å². The summed E-state index contributed by atoms with van der Waals surface area (Å²) in [7, 11) is 0. The molecule has 0 amide bonds. The number of phenols is 1. The molecule has 0 saturated carbocycles. The minimum absolute atomic E-state index is 0.231. The van der Waals surface area contributed by atoms with Crippen molar-refractivity contribution in [3.8, 4) is 11.5 Å². The molecule has 1 aromatic heterocycles. The second kappa shape index (κ2) is 6.26. The molecule has 1 aliphatic rings. The molecule has 4 N–H and O–H groups in total. The number of aromatic amines is 1. The van der Waals surface area contributed by atoms with Crippen LogP contribution in [-0.4, -0.2) is 37.6 Å². The van der Waals surface area contributed by atoms with Gasteiger partial charge in [0.1, 0.15) is 17.1 Å². The van der Waals surface area contributed by atoms with Crippen LogP contribution in [0.25, 0.3) is 27.9 Å². The molecule has 0 fully saturated rings. The van der Waals surface area contributed by atoms with Crippen molar-refractivity contribution in [3.05, 3.63) is 41.5 Å². The van der Waals surface area contributed by atoms with Crippen molar-refractivity contribution in [2.45, 2.75) is 57.8 Å². The summed E-state index contributed by atoms with van der Waals surface area (Å²) in [6.45, 7) is 7.25. The van der Waals surface area contributed by atoms with Crippen molar-refractivity contribution in [2.75, 3.05) is 0 Å². The molecular formula is C23H27NO4. The van der Waals surface area contributed by atoms with Crippen LogP contribution in [0.15, 0.2) is 30.3 Å². The minimum Gasteiger partial charge on any atom is -0.508 e. The van der Waals surface area contributed by atoms with E-state index in [0.29, 0.717) is 12.8 Å². The quantitative estimate of drug-likeness (QED) is 0.539. The molecule has 3 aromatic rings. The van der Waals surface area contributed by atoms with E-state index in [1.54, 1.807) is 26.0 Å². The predicted molar refractivity (Wildman–Crippen MR) is 112 cm³/mol. The Morgan fingerprint density at radius 3 is 2.68 bits per heavy atom. The average Bonchev–Trinajstić information content (AvgIpc) is 2.96. The van der Waals surface area contributed by atoms with Crippen LogP contribution in [0.3, 0.4) is 0 Å². The van der Waals surface area contributed by atoms with E-state index in [-0.39, 0.29) is 5.75 Å². The third-order valence-electron chi connectivity index (χ3n) is 5.72. The molecule has 4 rings (SSSR count). The zero-order valence-corrected chi connectivity index (χ0v) is 16.7. The number of aromatic hydroxyl groups is 1. The number of aliphatic hydroxyl groups is 2. The van der Waals surface area contributed by atoms with Gasteiger partial charge >= 0.3 is 0 Å². The average molecular weight is 381 g/mol. The first-order valence-corrected chi connectivity index (χ1v) is 9.64. The molecule has 5 nitrogen and oxygen atoms in total. The van der Waals surface area contributed by atoms with Crippen LogP contribution in [-0.2, 0) is 0 Å². The molecular weight excluding hydrogens is 354 g/mol. The number of aromatic nitrogens is 1. The number of hydrogen-bond donors (Lipinski definition) is 4. The van der Waals surface area contributed by atoms with Gasteiger partial charge in [0.05, 0.1) is 22.7 Å². The SMILES string of the molecule is Cc1cc2c([nH]c3cc(O)ccc32)c2c1OC(C)(CCC(O)C(C)(C)O)C=C2. The number of aryl methyl sites for hydroxylation is 1. The number of hydrogen-bond acceptors (Lipinski definition) is 4. The van der Waals surface area contributed by atoms with E-state index < -0.39 is 17.3 Å². The summed E-state index contributed by atoms with van der Waals surface area (Å²) in [5.41, 5.74) is 2.21. The third-order valence-corrected chi connectivity index (χ3v) is 5.72. The Balaban J connectivity index is 1.72. The first-order chi connectivity index (χ1) is 13.1. The number of fused-ring (bicyclic) bond motifs is 5. The molecule has 2 heterocycles. The van der Waals surface area contributed by atoms with Gasteiger partial charge < -0.3 is 25.0 Å².